The number of rotatable bonds is 4. The van der Waals surface area contributed by atoms with Gasteiger partial charge in [-0.3, -0.25) is 9.67 Å². The molecule has 2 N–H and O–H groups in total. The number of hydrogen-bond donors (Lipinski definition) is 1. The Morgan fingerprint density at radius 1 is 1.44 bits per heavy atom. The van der Waals surface area contributed by atoms with Crippen molar-refractivity contribution in [1.82, 2.24) is 14.8 Å². The Morgan fingerprint density at radius 3 is 3.00 bits per heavy atom. The van der Waals surface area contributed by atoms with Crippen molar-refractivity contribution >= 4 is 21.7 Å². The van der Waals surface area contributed by atoms with E-state index in [9.17, 15) is 0 Å². The maximum absolute atomic E-state index is 5.51. The Hall–Kier alpha value is -1.56. The molecule has 2 heterocycles. The van der Waals surface area contributed by atoms with Crippen LogP contribution in [-0.4, -0.2) is 21.4 Å². The highest BCUT2D eigenvalue weighted by molar-refractivity contribution is 9.10. The first-order valence-electron chi connectivity index (χ1n) is 4.76. The summed E-state index contributed by atoms with van der Waals surface area (Å²) < 4.78 is 8.14. The number of anilines is 1. The normalized spacial score (nSPS) is 10.3. The maximum Gasteiger partial charge on any atom is 0.145 e. The highest BCUT2D eigenvalue weighted by atomic mass is 79.9. The van der Waals surface area contributed by atoms with E-state index in [4.69, 9.17) is 10.5 Å². The van der Waals surface area contributed by atoms with Crippen LogP contribution in [0.4, 0.5) is 5.82 Å². The van der Waals surface area contributed by atoms with E-state index < -0.39 is 0 Å². The van der Waals surface area contributed by atoms with Crippen LogP contribution < -0.4 is 10.5 Å². The molecule has 6 heteroatoms. The number of aromatic nitrogens is 3. The zero-order valence-corrected chi connectivity index (χ0v) is 10.1. The number of pyridine rings is 1. The minimum atomic E-state index is 0.518. The SMILES string of the molecule is Nc1ccn(CCOc2cncc(Br)c2)n1. The average molecular weight is 283 g/mol. The lowest BCUT2D eigenvalue weighted by Crippen LogP contribution is -2.09. The molecule has 0 aliphatic rings. The van der Waals surface area contributed by atoms with E-state index in [1.807, 2.05) is 12.3 Å². The molecule has 0 aromatic carbocycles. The van der Waals surface area contributed by atoms with Crippen molar-refractivity contribution in [2.75, 3.05) is 12.3 Å². The Bertz CT molecular complexity index is 471. The molecule has 0 atom stereocenters. The number of nitrogen functional groups attached to an aromatic ring is 1. The van der Waals surface area contributed by atoms with E-state index in [0.29, 0.717) is 19.0 Å². The van der Waals surface area contributed by atoms with Crippen molar-refractivity contribution in [3.8, 4) is 5.75 Å². The van der Waals surface area contributed by atoms with Crippen LogP contribution in [0.15, 0.2) is 35.2 Å². The predicted molar refractivity (Wildman–Crippen MR) is 64.1 cm³/mol. The molecule has 0 saturated heterocycles. The summed E-state index contributed by atoms with van der Waals surface area (Å²) in [5, 5.41) is 4.05. The van der Waals surface area contributed by atoms with Crippen LogP contribution in [0.3, 0.4) is 0 Å². The van der Waals surface area contributed by atoms with E-state index in [2.05, 4.69) is 26.0 Å². The van der Waals surface area contributed by atoms with Gasteiger partial charge in [0.15, 0.2) is 0 Å². The molecule has 0 radical (unpaired) electrons. The van der Waals surface area contributed by atoms with Crippen molar-refractivity contribution in [3.05, 3.63) is 35.2 Å². The van der Waals surface area contributed by atoms with Gasteiger partial charge in [-0.05, 0) is 28.1 Å². The van der Waals surface area contributed by atoms with Gasteiger partial charge in [0.2, 0.25) is 0 Å². The number of ether oxygens (including phenoxy) is 1. The fraction of sp³-hybridized carbons (Fsp3) is 0.200. The molecule has 2 aromatic rings. The third kappa shape index (κ3) is 2.96. The first-order valence-corrected chi connectivity index (χ1v) is 5.55. The molecular formula is C10H11BrN4O. The van der Waals surface area contributed by atoms with Crippen LogP contribution in [0.25, 0.3) is 0 Å². The molecule has 0 bridgehead atoms. The maximum atomic E-state index is 5.51. The highest BCUT2D eigenvalue weighted by Crippen LogP contribution is 2.15. The number of hydrogen-bond acceptors (Lipinski definition) is 4. The molecule has 5 nitrogen and oxygen atoms in total. The Kier molecular flexibility index (Phi) is 3.40. The van der Waals surface area contributed by atoms with Gasteiger partial charge in [-0.1, -0.05) is 0 Å². The molecule has 0 unspecified atom stereocenters. The van der Waals surface area contributed by atoms with Crippen LogP contribution >= 0.6 is 15.9 Å². The lowest BCUT2D eigenvalue weighted by atomic mass is 10.5. The van der Waals surface area contributed by atoms with Gasteiger partial charge in [0.1, 0.15) is 18.2 Å². The van der Waals surface area contributed by atoms with Gasteiger partial charge < -0.3 is 10.5 Å². The predicted octanol–water partition coefficient (Wildman–Crippen LogP) is 1.70. The fourth-order valence-electron chi connectivity index (χ4n) is 1.23. The van der Waals surface area contributed by atoms with E-state index in [-0.39, 0.29) is 0 Å². The van der Waals surface area contributed by atoms with E-state index in [1.54, 1.807) is 23.1 Å². The second-order valence-corrected chi connectivity index (χ2v) is 4.11. The highest BCUT2D eigenvalue weighted by Gasteiger charge is 1.97. The summed E-state index contributed by atoms with van der Waals surface area (Å²) in [5.74, 6) is 1.25. The summed E-state index contributed by atoms with van der Waals surface area (Å²) in [6.45, 7) is 1.18. The first-order chi connectivity index (χ1) is 7.74. The first kappa shape index (κ1) is 10.9. The summed E-state index contributed by atoms with van der Waals surface area (Å²) in [4.78, 5) is 4.00. The minimum absolute atomic E-state index is 0.518. The summed E-state index contributed by atoms with van der Waals surface area (Å²) in [5.41, 5.74) is 5.49. The lowest BCUT2D eigenvalue weighted by Gasteiger charge is -2.05. The minimum Gasteiger partial charge on any atom is -0.490 e. The van der Waals surface area contributed by atoms with Gasteiger partial charge in [-0.15, -0.1) is 0 Å². The molecule has 2 aromatic heterocycles. The molecule has 0 aliphatic carbocycles. The fourth-order valence-corrected chi connectivity index (χ4v) is 1.57. The summed E-state index contributed by atoms with van der Waals surface area (Å²) >= 11 is 3.33. The van der Waals surface area contributed by atoms with E-state index in [0.717, 1.165) is 10.2 Å². The number of nitrogens with zero attached hydrogens (tertiary/aromatic N) is 3. The van der Waals surface area contributed by atoms with Crippen molar-refractivity contribution in [2.24, 2.45) is 0 Å². The van der Waals surface area contributed by atoms with Crippen molar-refractivity contribution in [2.45, 2.75) is 6.54 Å². The van der Waals surface area contributed by atoms with Gasteiger partial charge in [0.05, 0.1) is 12.7 Å². The molecule has 16 heavy (non-hydrogen) atoms. The summed E-state index contributed by atoms with van der Waals surface area (Å²) in [7, 11) is 0. The molecule has 84 valence electrons. The van der Waals surface area contributed by atoms with Crippen molar-refractivity contribution in [1.29, 1.82) is 0 Å². The Morgan fingerprint density at radius 2 is 2.31 bits per heavy atom. The van der Waals surface area contributed by atoms with E-state index in [1.165, 1.54) is 0 Å². The quantitative estimate of drug-likeness (QED) is 0.927. The van der Waals surface area contributed by atoms with Gasteiger partial charge in [0, 0.05) is 16.9 Å². The zero-order valence-electron chi connectivity index (χ0n) is 8.51. The third-order valence-electron chi connectivity index (χ3n) is 1.93. The molecule has 0 spiro atoms. The van der Waals surface area contributed by atoms with Gasteiger partial charge >= 0.3 is 0 Å². The smallest absolute Gasteiger partial charge is 0.145 e. The van der Waals surface area contributed by atoms with Crippen LogP contribution in [0.1, 0.15) is 0 Å². The van der Waals surface area contributed by atoms with E-state index >= 15 is 0 Å². The van der Waals surface area contributed by atoms with Crippen LogP contribution in [0.5, 0.6) is 5.75 Å². The molecule has 2 rings (SSSR count). The molecule has 0 aliphatic heterocycles. The monoisotopic (exact) mass is 282 g/mol. The lowest BCUT2D eigenvalue weighted by molar-refractivity contribution is 0.290. The van der Waals surface area contributed by atoms with Crippen LogP contribution in [0, 0.1) is 0 Å². The zero-order chi connectivity index (χ0) is 11.4. The Balaban J connectivity index is 1.84. The van der Waals surface area contributed by atoms with Crippen molar-refractivity contribution in [3.63, 3.8) is 0 Å². The molecular weight excluding hydrogens is 272 g/mol. The van der Waals surface area contributed by atoms with Gasteiger partial charge in [0.25, 0.3) is 0 Å². The summed E-state index contributed by atoms with van der Waals surface area (Å²) in [6, 6.07) is 3.62. The van der Waals surface area contributed by atoms with Gasteiger partial charge in [-0.25, -0.2) is 0 Å². The second-order valence-electron chi connectivity index (χ2n) is 3.19. The third-order valence-corrected chi connectivity index (χ3v) is 2.36. The second kappa shape index (κ2) is 4.98. The average Bonchev–Trinajstić information content (AvgIpc) is 2.64. The largest absolute Gasteiger partial charge is 0.490 e. The van der Waals surface area contributed by atoms with Crippen molar-refractivity contribution < 1.29 is 4.74 Å². The Labute approximate surface area is 101 Å². The molecule has 0 saturated carbocycles. The van der Waals surface area contributed by atoms with Crippen LogP contribution in [0.2, 0.25) is 0 Å². The molecule has 0 amide bonds. The standard InChI is InChI=1S/C10H11BrN4O/c11-8-5-9(7-13-6-8)16-4-3-15-2-1-10(12)14-15/h1-2,5-7H,3-4H2,(H2,12,14). The topological polar surface area (TPSA) is 66.0 Å². The van der Waals surface area contributed by atoms with Gasteiger partial charge in [-0.2, -0.15) is 5.10 Å². The summed E-state index contributed by atoms with van der Waals surface area (Å²) in [6.07, 6.45) is 5.20. The van der Waals surface area contributed by atoms with Crippen LogP contribution in [-0.2, 0) is 6.54 Å². The molecule has 0 fully saturated rings. The number of nitrogens with two attached hydrogens (primary N) is 1. The number of halogens is 1.